The minimum absolute atomic E-state index is 0.0314. The third-order valence-corrected chi connectivity index (χ3v) is 21.9. The molecule has 44 nitrogen and oxygen atoms in total. The van der Waals surface area contributed by atoms with Gasteiger partial charge in [0.15, 0.2) is 5.43 Å². The summed E-state index contributed by atoms with van der Waals surface area (Å²) >= 11 is 0. The van der Waals surface area contributed by atoms with Crippen LogP contribution in [-0.4, -0.2) is 253 Å². The lowest BCUT2D eigenvalue weighted by Crippen LogP contribution is -2.62. The molecule has 7 rings (SSSR count). The van der Waals surface area contributed by atoms with E-state index in [1.807, 2.05) is 0 Å². The number of nitrogens with zero attached hydrogens (tertiary/aromatic N) is 2. The number of aromatic hydroxyl groups is 1. The Labute approximate surface area is 763 Å². The molecule has 3 heterocycles. The molecular weight excluding hydrogens is 1740 g/mol. The second-order valence-electron chi connectivity index (χ2n) is 33.8. The Bertz CT molecular complexity index is 5300. The normalized spacial score (nSPS) is 21.9. The number of nitrogens with two attached hydrogens (primary N) is 4. The number of para-hydroxylation sites is 1. The van der Waals surface area contributed by atoms with Crippen molar-refractivity contribution < 1.29 is 116 Å². The number of hydrogen-bond donors (Lipinski definition) is 21. The number of aliphatic carboxylic acids is 2. The third kappa shape index (κ3) is 31.1. The molecule has 0 saturated carbocycles. The number of hydrogen-bond acceptors (Lipinski definition) is 24. The van der Waals surface area contributed by atoms with E-state index in [9.17, 15) is 102 Å². The predicted octanol–water partition coefficient (Wildman–Crippen LogP) is -1.41. The number of carboxylic acid groups (broad SMARTS) is 2. The number of phenolic OH excluding ortho intramolecular Hbond substituents is 1. The van der Waals surface area contributed by atoms with Gasteiger partial charge < -0.3 is 121 Å². The number of carbonyl (C=O) groups is 19. The molecule has 3 aliphatic rings. The molecule has 12 atom stereocenters. The number of urea groups is 1. The van der Waals surface area contributed by atoms with Crippen LogP contribution in [0.2, 0.25) is 0 Å². The Morgan fingerprint density at radius 3 is 1.58 bits per heavy atom. The zero-order valence-corrected chi connectivity index (χ0v) is 75.0. The minimum Gasteiger partial charge on any atom is -0.508 e. The Morgan fingerprint density at radius 1 is 0.511 bits per heavy atom. The van der Waals surface area contributed by atoms with Crippen molar-refractivity contribution in [2.75, 3.05) is 39.3 Å². The van der Waals surface area contributed by atoms with Gasteiger partial charge in [-0.05, 0) is 123 Å². The number of amides is 18. The van der Waals surface area contributed by atoms with Crippen LogP contribution in [0.1, 0.15) is 155 Å². The smallest absolute Gasteiger partial charge is 0.324 e. The molecule has 2 aliphatic heterocycles. The summed E-state index contributed by atoms with van der Waals surface area (Å²) in [7, 11) is 0. The summed E-state index contributed by atoms with van der Waals surface area (Å²) in [5, 5.41) is 71.7. The average molecular weight is 1860 g/mol. The van der Waals surface area contributed by atoms with Crippen LogP contribution in [0, 0.1) is 23.7 Å². The van der Waals surface area contributed by atoms with E-state index in [1.165, 1.54) is 81.6 Å². The molecule has 1 aliphatic carbocycles. The summed E-state index contributed by atoms with van der Waals surface area (Å²) in [5.41, 5.74) is 23.9. The molecule has 1 aromatic heterocycles. The zero-order valence-electron chi connectivity index (χ0n) is 75.0. The second-order valence-corrected chi connectivity index (χ2v) is 33.8. The molecular formula is C89H119N19O25. The largest absolute Gasteiger partial charge is 0.508 e. The maximum absolute atomic E-state index is 15.6. The summed E-state index contributed by atoms with van der Waals surface area (Å²) in [6.45, 7) is 9.12. The molecule has 4 aromatic rings. The van der Waals surface area contributed by atoms with Crippen molar-refractivity contribution >= 4 is 134 Å². The Morgan fingerprint density at radius 2 is 1.02 bits per heavy atom. The number of phenols is 1. The minimum atomic E-state index is -2.14. The fourth-order valence-corrected chi connectivity index (χ4v) is 14.9. The molecule has 3 aromatic carbocycles. The van der Waals surface area contributed by atoms with Crippen LogP contribution in [0.4, 0.5) is 4.79 Å². The van der Waals surface area contributed by atoms with Gasteiger partial charge >= 0.3 is 18.0 Å². The molecule has 18 amide bonds. The molecule has 0 radical (unpaired) electrons. The van der Waals surface area contributed by atoms with E-state index in [0.29, 0.717) is 32.3 Å². The third-order valence-electron chi connectivity index (χ3n) is 21.9. The number of aliphatic hydroxyl groups excluding tert-OH is 1. The number of fused-ring (bicyclic) bond motifs is 3. The van der Waals surface area contributed by atoms with Crippen LogP contribution in [0.5, 0.6) is 5.75 Å². The van der Waals surface area contributed by atoms with Crippen LogP contribution in [0.25, 0.3) is 44.3 Å². The quantitative estimate of drug-likeness (QED) is 0.0219. The first-order valence-corrected chi connectivity index (χ1v) is 43.6. The molecule has 1 fully saturated rings. The first-order valence-electron chi connectivity index (χ1n) is 43.6. The van der Waals surface area contributed by atoms with E-state index in [4.69, 9.17) is 27.4 Å². The first-order chi connectivity index (χ1) is 62.9. The molecule has 720 valence electrons. The second kappa shape index (κ2) is 50.1. The van der Waals surface area contributed by atoms with Crippen LogP contribution >= 0.6 is 0 Å². The maximum Gasteiger partial charge on any atom is 0.324 e. The molecule has 0 spiro atoms. The predicted molar refractivity (Wildman–Crippen MR) is 479 cm³/mol. The standard InChI is InChI=1S/C89H119N19O25/c1-9-47(8)76-86(129)103-63(39-72(116)117)83(126)101-61(37-68(91)112)81(124)98-59(33-45(4)5)79(122)102-64(40-73(118)119)84(127)105-75(46(6)7)88(131)107(42-70(93)114)30-17-16-29-94-89(132)108(87(130)53-20-11-10-19-52(53)74-54-25-23-49(110)35-66(54)133-67-36-50(111)24-26-55(67)74)31-27-71(115)96-60(34-48-41-95-56-21-13-12-18-51(48)56)80(123)100-62(38-69(92)113)82(125)104-65(43-109)85(128)99-58(32-44(2)3)78(121)97-57(77(120)106-76)22-14-15-28-90/h10-13,18-21,23-26,35-36,41,44-47,57-65,75-76,95,109-110H,9,14-17,22,27-34,37-40,42-43,90H2,1-8H3,(H2,91,112)(H2,92,113)(H2,93,114)(H,94,132)(H,96,115)(H,97,121)(H,98,124)(H,99,128)(H,100,123)(H,101,126)(H,102,122)(H,103,129)(H,104,125)(H,105,127)(H,106,120)(H,116,117)(H,118,119)/t47-,57-,58-,59-,60-,61-,62-,63-,64-,65-,75-,76-/m0/s1. The first kappa shape index (κ1) is 106. The topological polar surface area (TPSA) is 706 Å². The summed E-state index contributed by atoms with van der Waals surface area (Å²) in [5.74, 6) is -25.1. The van der Waals surface area contributed by atoms with Crippen molar-refractivity contribution in [1.29, 1.82) is 0 Å². The van der Waals surface area contributed by atoms with Gasteiger partial charge in [-0.3, -0.25) is 96.0 Å². The number of nitrogens with one attached hydrogen (secondary N) is 13. The van der Waals surface area contributed by atoms with Gasteiger partial charge in [-0.25, -0.2) is 4.79 Å². The van der Waals surface area contributed by atoms with Gasteiger partial charge in [0.05, 0.1) is 38.8 Å². The van der Waals surface area contributed by atoms with Gasteiger partial charge in [-0.2, -0.15) is 0 Å². The van der Waals surface area contributed by atoms with Gasteiger partial charge in [0.2, 0.25) is 88.6 Å². The number of H-pyrrole nitrogens is 1. The van der Waals surface area contributed by atoms with E-state index < -0.39 is 260 Å². The highest BCUT2D eigenvalue weighted by molar-refractivity contribution is 6.13. The molecule has 0 bridgehead atoms. The lowest BCUT2D eigenvalue weighted by Gasteiger charge is -2.31. The van der Waals surface area contributed by atoms with Crippen molar-refractivity contribution in [2.24, 2.45) is 46.6 Å². The van der Waals surface area contributed by atoms with E-state index in [-0.39, 0.29) is 111 Å². The van der Waals surface area contributed by atoms with E-state index >= 15 is 14.4 Å². The number of unbranched alkanes of at least 4 members (excludes halogenated alkanes) is 1. The van der Waals surface area contributed by atoms with Crippen LogP contribution in [0.3, 0.4) is 0 Å². The number of aromatic amines is 1. The van der Waals surface area contributed by atoms with Crippen molar-refractivity contribution in [3.05, 3.63) is 112 Å². The SMILES string of the molecule is CC[C@H](C)[C@@H]1NC(=O)[C@H](CCCCN)NC(=O)[C@H](CC(C)C)NC(=O)[C@H](CO)NC(=O)[C@H](CC(N)=O)NC(=O)[C@H](Cc2c[nH]c3ccccc23)NC(=O)CCN(C(=O)c2ccccc2-c2c3ccc(=O)cc-3oc3cc(O)ccc23)C(=O)NCCCCN(CC(N)=O)C(=O)[C@H](C(C)C)NC(=O)[C@H](CC(=O)O)NC(=O)[C@H](CC(C)C)NC(=O)[C@H](CC(N)=O)NC(=O)[C@H](CC(=O)O)NC1=O. The summed E-state index contributed by atoms with van der Waals surface area (Å²) in [4.78, 5) is 287. The summed E-state index contributed by atoms with van der Waals surface area (Å²) in [6, 6.07) is -0.651. The number of carbonyl (C=O) groups excluding carboxylic acids is 17. The van der Waals surface area contributed by atoms with Gasteiger partial charge in [-0.15, -0.1) is 0 Å². The number of aliphatic hydroxyl groups is 1. The number of imide groups is 1. The molecule has 133 heavy (non-hydrogen) atoms. The van der Waals surface area contributed by atoms with E-state index in [0.717, 1.165) is 4.90 Å². The lowest BCUT2D eigenvalue weighted by atomic mass is 9.90. The van der Waals surface area contributed by atoms with Crippen molar-refractivity contribution in [1.82, 2.24) is 78.6 Å². The Balaban J connectivity index is 1.32. The van der Waals surface area contributed by atoms with E-state index in [1.54, 1.807) is 65.0 Å². The van der Waals surface area contributed by atoms with Crippen LogP contribution < -0.4 is 92.2 Å². The van der Waals surface area contributed by atoms with Gasteiger partial charge in [-0.1, -0.05) is 98.2 Å². The summed E-state index contributed by atoms with van der Waals surface area (Å²) < 4.78 is 6.09. The molecule has 25 N–H and O–H groups in total. The van der Waals surface area contributed by atoms with E-state index in [2.05, 4.69) is 68.8 Å². The molecule has 0 unspecified atom stereocenters. The highest BCUT2D eigenvalue weighted by Crippen LogP contribution is 2.42. The van der Waals surface area contributed by atoms with Gasteiger partial charge in [0.1, 0.15) is 83.6 Å². The van der Waals surface area contributed by atoms with Gasteiger partial charge in [0.25, 0.3) is 5.91 Å². The number of rotatable bonds is 26. The monoisotopic (exact) mass is 1850 g/mol. The Kier molecular flexibility index (Phi) is 39.8. The fourth-order valence-electron chi connectivity index (χ4n) is 14.9. The molecule has 44 heteroatoms. The average Bonchev–Trinajstić information content (AvgIpc) is 1.17. The van der Waals surface area contributed by atoms with Crippen molar-refractivity contribution in [3.8, 4) is 28.2 Å². The van der Waals surface area contributed by atoms with Crippen LogP contribution in [-0.2, 0) is 87.9 Å². The van der Waals surface area contributed by atoms with Gasteiger partial charge in [0, 0.05) is 83.8 Å². The number of carboxylic acids is 2. The fraction of sp³-hybridized carbons (Fsp3) is 0.483. The number of aromatic nitrogens is 1. The highest BCUT2D eigenvalue weighted by Gasteiger charge is 2.41. The number of primary amides is 3. The Hall–Kier alpha value is -14.5. The highest BCUT2D eigenvalue weighted by atomic mass is 16.4. The molecule has 1 saturated heterocycles. The zero-order chi connectivity index (χ0) is 98.4. The lowest BCUT2D eigenvalue weighted by molar-refractivity contribution is -0.143. The maximum atomic E-state index is 15.6. The van der Waals surface area contributed by atoms with Crippen molar-refractivity contribution in [2.45, 2.75) is 212 Å². The summed E-state index contributed by atoms with van der Waals surface area (Å²) in [6.07, 6.45) is -4.42. The number of benzene rings is 4. The van der Waals surface area contributed by atoms with Crippen LogP contribution in [0.15, 0.2) is 100 Å². The van der Waals surface area contributed by atoms with Crippen molar-refractivity contribution in [3.63, 3.8) is 0 Å².